The van der Waals surface area contributed by atoms with Crippen LogP contribution < -0.4 is 5.32 Å². The summed E-state index contributed by atoms with van der Waals surface area (Å²) in [4.78, 5) is 24.0. The predicted molar refractivity (Wildman–Crippen MR) is 75.0 cm³/mol. The van der Waals surface area contributed by atoms with Gasteiger partial charge in [-0.1, -0.05) is 6.92 Å². The molecule has 2 heterocycles. The van der Waals surface area contributed by atoms with Crippen molar-refractivity contribution in [2.24, 2.45) is 0 Å². The Bertz CT molecular complexity index is 631. The molecule has 0 unspecified atom stereocenters. The van der Waals surface area contributed by atoms with Gasteiger partial charge in [0.25, 0.3) is 5.91 Å². The van der Waals surface area contributed by atoms with E-state index >= 15 is 0 Å². The molecule has 0 aromatic carbocycles. The monoisotopic (exact) mass is 343 g/mol. The summed E-state index contributed by atoms with van der Waals surface area (Å²) in [5, 5.41) is 12.0. The van der Waals surface area contributed by atoms with Crippen molar-refractivity contribution in [3.05, 3.63) is 39.1 Å². The Balaban J connectivity index is 2.28. The maximum Gasteiger partial charge on any atom is 0.338 e. The van der Waals surface area contributed by atoms with Gasteiger partial charge in [0.2, 0.25) is 0 Å². The number of amides is 1. The number of thiophene rings is 1. The molecule has 0 radical (unpaired) electrons. The van der Waals surface area contributed by atoms with E-state index < -0.39 is 11.9 Å². The highest BCUT2D eigenvalue weighted by Crippen LogP contribution is 2.29. The molecule has 0 atom stereocenters. The second-order valence-electron chi connectivity index (χ2n) is 3.68. The smallest absolute Gasteiger partial charge is 0.338 e. The summed E-state index contributed by atoms with van der Waals surface area (Å²) in [5.74, 6) is -1.47. The topological polar surface area (TPSA) is 79.5 Å². The van der Waals surface area contributed by atoms with Crippen molar-refractivity contribution >= 4 is 44.1 Å². The summed E-state index contributed by atoms with van der Waals surface area (Å²) in [6.07, 6.45) is 2.10. The molecule has 2 aromatic rings. The van der Waals surface area contributed by atoms with Gasteiger partial charge < -0.3 is 14.8 Å². The van der Waals surface area contributed by atoms with Gasteiger partial charge in [0.1, 0.15) is 5.00 Å². The molecule has 0 fully saturated rings. The van der Waals surface area contributed by atoms with Crippen LogP contribution in [0.1, 0.15) is 32.5 Å². The Morgan fingerprint density at radius 2 is 2.21 bits per heavy atom. The van der Waals surface area contributed by atoms with Crippen LogP contribution in [-0.4, -0.2) is 17.0 Å². The minimum absolute atomic E-state index is 0.106. The number of hydrogen-bond donors (Lipinski definition) is 2. The van der Waals surface area contributed by atoms with E-state index in [-0.39, 0.29) is 5.56 Å². The van der Waals surface area contributed by atoms with Crippen LogP contribution >= 0.6 is 27.3 Å². The molecule has 0 spiro atoms. The molecule has 7 heteroatoms. The Labute approximate surface area is 121 Å². The second kappa shape index (κ2) is 5.58. The Kier molecular flexibility index (Phi) is 4.06. The van der Waals surface area contributed by atoms with E-state index in [2.05, 4.69) is 21.2 Å². The van der Waals surface area contributed by atoms with Gasteiger partial charge in [-0.2, -0.15) is 0 Å². The number of carbonyl (C=O) groups excluding carboxylic acids is 1. The van der Waals surface area contributed by atoms with Gasteiger partial charge in [-0.25, -0.2) is 4.79 Å². The Hall–Kier alpha value is -1.60. The number of halogens is 1. The zero-order chi connectivity index (χ0) is 14.0. The lowest BCUT2D eigenvalue weighted by Crippen LogP contribution is -2.12. The molecule has 100 valence electrons. The maximum atomic E-state index is 12.0. The molecule has 0 aliphatic carbocycles. The third kappa shape index (κ3) is 2.87. The third-order valence-electron chi connectivity index (χ3n) is 2.45. The van der Waals surface area contributed by atoms with E-state index in [4.69, 9.17) is 9.52 Å². The summed E-state index contributed by atoms with van der Waals surface area (Å²) in [5.41, 5.74) is 0.428. The molecule has 0 bridgehead atoms. The van der Waals surface area contributed by atoms with E-state index in [0.717, 1.165) is 11.3 Å². The van der Waals surface area contributed by atoms with Gasteiger partial charge in [0.15, 0.2) is 4.67 Å². The van der Waals surface area contributed by atoms with E-state index in [0.29, 0.717) is 15.2 Å². The summed E-state index contributed by atoms with van der Waals surface area (Å²) >= 11 is 4.37. The van der Waals surface area contributed by atoms with Crippen molar-refractivity contribution in [2.75, 3.05) is 5.32 Å². The highest BCUT2D eigenvalue weighted by atomic mass is 79.9. The Morgan fingerprint density at radius 3 is 2.74 bits per heavy atom. The van der Waals surface area contributed by atoms with E-state index in [1.54, 1.807) is 6.07 Å². The first-order valence-corrected chi connectivity index (χ1v) is 7.04. The van der Waals surface area contributed by atoms with Crippen molar-refractivity contribution in [3.8, 4) is 0 Å². The molecule has 0 aliphatic rings. The third-order valence-corrected chi connectivity index (χ3v) is 4.26. The molecule has 0 saturated heterocycles. The first kappa shape index (κ1) is 13.8. The number of aromatic carboxylic acids is 1. The molecular formula is C12H10BrNO4S. The van der Waals surface area contributed by atoms with Crippen molar-refractivity contribution < 1.29 is 19.1 Å². The lowest BCUT2D eigenvalue weighted by atomic mass is 10.2. The van der Waals surface area contributed by atoms with Crippen LogP contribution in [-0.2, 0) is 6.42 Å². The molecule has 0 aliphatic heterocycles. The van der Waals surface area contributed by atoms with E-state index in [1.165, 1.54) is 23.7 Å². The van der Waals surface area contributed by atoms with Crippen molar-refractivity contribution in [3.63, 3.8) is 0 Å². The maximum absolute atomic E-state index is 12.0. The average Bonchev–Trinajstić information content (AvgIpc) is 2.95. The predicted octanol–water partition coefficient (Wildman–Crippen LogP) is 3.62. The number of rotatable bonds is 4. The average molecular weight is 344 g/mol. The van der Waals surface area contributed by atoms with E-state index in [1.807, 2.05) is 6.92 Å². The van der Waals surface area contributed by atoms with Crippen molar-refractivity contribution in [1.82, 2.24) is 0 Å². The number of hydrogen-bond acceptors (Lipinski definition) is 4. The molecular weight excluding hydrogens is 334 g/mol. The highest BCUT2D eigenvalue weighted by molar-refractivity contribution is 9.10. The fourth-order valence-corrected chi connectivity index (χ4v) is 2.90. The lowest BCUT2D eigenvalue weighted by Gasteiger charge is -2.02. The Morgan fingerprint density at radius 1 is 1.47 bits per heavy atom. The van der Waals surface area contributed by atoms with Crippen molar-refractivity contribution in [1.29, 1.82) is 0 Å². The van der Waals surface area contributed by atoms with Gasteiger partial charge in [0, 0.05) is 4.88 Å². The normalized spacial score (nSPS) is 10.4. The van der Waals surface area contributed by atoms with Gasteiger partial charge >= 0.3 is 5.97 Å². The highest BCUT2D eigenvalue weighted by Gasteiger charge is 2.19. The number of aryl methyl sites for hydroxylation is 1. The van der Waals surface area contributed by atoms with Crippen LogP contribution in [0.4, 0.5) is 5.00 Å². The van der Waals surface area contributed by atoms with Crippen LogP contribution in [0.3, 0.4) is 0 Å². The summed E-state index contributed by atoms with van der Waals surface area (Å²) < 4.78 is 5.28. The number of furan rings is 1. The zero-order valence-corrected chi connectivity index (χ0v) is 12.3. The van der Waals surface area contributed by atoms with Crippen LogP contribution in [0.5, 0.6) is 0 Å². The van der Waals surface area contributed by atoms with Gasteiger partial charge in [-0.05, 0) is 34.5 Å². The van der Waals surface area contributed by atoms with E-state index in [9.17, 15) is 9.59 Å². The summed E-state index contributed by atoms with van der Waals surface area (Å²) in [6, 6.07) is 3.08. The molecule has 1 amide bonds. The van der Waals surface area contributed by atoms with Crippen LogP contribution in [0, 0.1) is 0 Å². The van der Waals surface area contributed by atoms with Gasteiger partial charge in [0.05, 0.1) is 17.4 Å². The molecule has 19 heavy (non-hydrogen) atoms. The van der Waals surface area contributed by atoms with Crippen LogP contribution in [0.25, 0.3) is 0 Å². The number of nitrogens with one attached hydrogen (secondary N) is 1. The number of carbonyl (C=O) groups is 2. The number of carboxylic acid groups (broad SMARTS) is 1. The molecule has 5 nitrogen and oxygen atoms in total. The SMILES string of the molecule is CCc1cc(C(=O)O)c(NC(=O)c2ccoc2Br)s1. The largest absolute Gasteiger partial charge is 0.478 e. The fourth-order valence-electron chi connectivity index (χ4n) is 1.49. The molecule has 0 saturated carbocycles. The van der Waals surface area contributed by atoms with Gasteiger partial charge in [-0.15, -0.1) is 11.3 Å². The molecule has 2 N–H and O–H groups in total. The minimum atomic E-state index is -1.06. The quantitative estimate of drug-likeness (QED) is 0.888. The fraction of sp³-hybridized carbons (Fsp3) is 0.167. The first-order chi connectivity index (χ1) is 9.02. The summed E-state index contributed by atoms with van der Waals surface area (Å²) in [6.45, 7) is 1.93. The van der Waals surface area contributed by atoms with Gasteiger partial charge in [-0.3, -0.25) is 4.79 Å². The summed E-state index contributed by atoms with van der Waals surface area (Å²) in [7, 11) is 0. The lowest BCUT2D eigenvalue weighted by molar-refractivity contribution is 0.0698. The van der Waals surface area contributed by atoms with Crippen LogP contribution in [0.2, 0.25) is 0 Å². The number of anilines is 1. The number of carboxylic acids is 1. The molecule has 2 rings (SSSR count). The van der Waals surface area contributed by atoms with Crippen LogP contribution in [0.15, 0.2) is 27.5 Å². The first-order valence-electron chi connectivity index (χ1n) is 5.43. The zero-order valence-electron chi connectivity index (χ0n) is 9.90. The standard InChI is InChI=1S/C12H10BrNO4S/c1-2-6-5-8(12(16)17)11(19-6)14-10(15)7-3-4-18-9(7)13/h3-5H,2H2,1H3,(H,14,15)(H,16,17). The molecule has 2 aromatic heterocycles. The van der Waals surface area contributed by atoms with Crippen molar-refractivity contribution in [2.45, 2.75) is 13.3 Å². The second-order valence-corrected chi connectivity index (χ2v) is 5.53. The minimum Gasteiger partial charge on any atom is -0.478 e.